The van der Waals surface area contributed by atoms with Crippen molar-refractivity contribution in [1.29, 1.82) is 0 Å². The van der Waals surface area contributed by atoms with E-state index >= 15 is 0 Å². The van der Waals surface area contributed by atoms with Crippen LogP contribution in [0.15, 0.2) is 30.3 Å². The third-order valence-corrected chi connectivity index (χ3v) is 2.92. The Morgan fingerprint density at radius 1 is 1.39 bits per heavy atom. The first-order valence-corrected chi connectivity index (χ1v) is 6.14. The Balaban J connectivity index is 2.64. The van der Waals surface area contributed by atoms with Crippen molar-refractivity contribution in [3.63, 3.8) is 0 Å². The van der Waals surface area contributed by atoms with E-state index in [1.54, 1.807) is 0 Å². The zero-order valence-corrected chi connectivity index (χ0v) is 11.0. The predicted molar refractivity (Wildman–Crippen MR) is 72.1 cm³/mol. The van der Waals surface area contributed by atoms with E-state index in [4.69, 9.17) is 10.8 Å². The fraction of sp³-hybridized carbons (Fsp3) is 0.500. The minimum Gasteiger partial charge on any atom is -0.396 e. The van der Waals surface area contributed by atoms with Crippen LogP contribution in [0.2, 0.25) is 0 Å². The van der Waals surface area contributed by atoms with Crippen LogP contribution in [-0.2, 0) is 4.79 Å². The standard InChI is InChI=1S/C14H22N2O2/c1-14(2,10-17)9-16-13(18)12(8-15)11-6-4-3-5-7-11/h3-7,12,17H,8-10,15H2,1-2H3,(H,16,18). The first-order valence-electron chi connectivity index (χ1n) is 6.14. The highest BCUT2D eigenvalue weighted by Crippen LogP contribution is 2.16. The molecule has 1 aromatic carbocycles. The van der Waals surface area contributed by atoms with Crippen molar-refractivity contribution in [3.8, 4) is 0 Å². The Labute approximate surface area is 108 Å². The number of carbonyl (C=O) groups excluding carboxylic acids is 1. The van der Waals surface area contributed by atoms with Crippen LogP contribution in [0.1, 0.15) is 25.3 Å². The Kier molecular flexibility index (Phi) is 5.31. The van der Waals surface area contributed by atoms with E-state index in [0.29, 0.717) is 6.54 Å². The van der Waals surface area contributed by atoms with Crippen molar-refractivity contribution in [3.05, 3.63) is 35.9 Å². The van der Waals surface area contributed by atoms with E-state index in [1.165, 1.54) is 0 Å². The topological polar surface area (TPSA) is 75.3 Å². The normalized spacial score (nSPS) is 13.1. The number of hydrogen-bond donors (Lipinski definition) is 3. The van der Waals surface area contributed by atoms with Gasteiger partial charge in [0.1, 0.15) is 0 Å². The molecule has 0 aliphatic carbocycles. The van der Waals surface area contributed by atoms with Crippen LogP contribution in [0, 0.1) is 5.41 Å². The van der Waals surface area contributed by atoms with Gasteiger partial charge in [0.05, 0.1) is 5.92 Å². The maximum atomic E-state index is 12.1. The predicted octanol–water partition coefficient (Wildman–Crippen LogP) is 0.864. The Hall–Kier alpha value is -1.39. The van der Waals surface area contributed by atoms with Gasteiger partial charge in [0, 0.05) is 25.1 Å². The van der Waals surface area contributed by atoms with Gasteiger partial charge in [-0.1, -0.05) is 44.2 Å². The van der Waals surface area contributed by atoms with Gasteiger partial charge in [-0.3, -0.25) is 4.79 Å². The number of nitrogens with two attached hydrogens (primary N) is 1. The highest BCUT2D eigenvalue weighted by atomic mass is 16.3. The van der Waals surface area contributed by atoms with Gasteiger partial charge in [-0.25, -0.2) is 0 Å². The Morgan fingerprint density at radius 3 is 2.50 bits per heavy atom. The molecule has 1 rings (SSSR count). The number of aliphatic hydroxyl groups excluding tert-OH is 1. The van der Waals surface area contributed by atoms with E-state index in [-0.39, 0.29) is 30.4 Å². The van der Waals surface area contributed by atoms with Crippen molar-refractivity contribution in [1.82, 2.24) is 5.32 Å². The molecule has 1 unspecified atom stereocenters. The molecule has 18 heavy (non-hydrogen) atoms. The van der Waals surface area contributed by atoms with Gasteiger partial charge < -0.3 is 16.2 Å². The van der Waals surface area contributed by atoms with Crippen LogP contribution in [0.4, 0.5) is 0 Å². The molecule has 4 N–H and O–H groups in total. The summed E-state index contributed by atoms with van der Waals surface area (Å²) in [4.78, 5) is 12.1. The zero-order chi connectivity index (χ0) is 13.6. The van der Waals surface area contributed by atoms with Crippen molar-refractivity contribution >= 4 is 5.91 Å². The molecule has 0 saturated heterocycles. The number of nitrogens with one attached hydrogen (secondary N) is 1. The number of hydrogen-bond acceptors (Lipinski definition) is 3. The van der Waals surface area contributed by atoms with E-state index < -0.39 is 0 Å². The molecule has 0 spiro atoms. The van der Waals surface area contributed by atoms with Gasteiger partial charge in [0.2, 0.25) is 5.91 Å². The van der Waals surface area contributed by atoms with Gasteiger partial charge in [0.15, 0.2) is 0 Å². The maximum Gasteiger partial charge on any atom is 0.228 e. The maximum absolute atomic E-state index is 12.1. The monoisotopic (exact) mass is 250 g/mol. The van der Waals surface area contributed by atoms with Gasteiger partial charge >= 0.3 is 0 Å². The van der Waals surface area contributed by atoms with Gasteiger partial charge in [-0.2, -0.15) is 0 Å². The van der Waals surface area contributed by atoms with E-state index in [2.05, 4.69) is 5.32 Å². The molecule has 4 heteroatoms. The highest BCUT2D eigenvalue weighted by Gasteiger charge is 2.22. The molecular formula is C14H22N2O2. The second-order valence-corrected chi connectivity index (χ2v) is 5.24. The molecule has 0 saturated carbocycles. The lowest BCUT2D eigenvalue weighted by atomic mass is 9.93. The van der Waals surface area contributed by atoms with E-state index in [9.17, 15) is 4.79 Å². The largest absolute Gasteiger partial charge is 0.396 e. The molecule has 0 aliphatic rings. The minimum absolute atomic E-state index is 0.0336. The van der Waals surface area contributed by atoms with E-state index in [1.807, 2.05) is 44.2 Å². The second-order valence-electron chi connectivity index (χ2n) is 5.24. The quantitative estimate of drug-likeness (QED) is 0.701. The van der Waals surface area contributed by atoms with Crippen molar-refractivity contribution in [2.45, 2.75) is 19.8 Å². The molecule has 1 atom stereocenters. The summed E-state index contributed by atoms with van der Waals surface area (Å²) in [6.07, 6.45) is 0. The molecule has 0 bridgehead atoms. The smallest absolute Gasteiger partial charge is 0.228 e. The highest BCUT2D eigenvalue weighted by molar-refractivity contribution is 5.83. The molecule has 0 fully saturated rings. The van der Waals surface area contributed by atoms with Crippen LogP contribution in [0.25, 0.3) is 0 Å². The van der Waals surface area contributed by atoms with Crippen molar-refractivity contribution < 1.29 is 9.90 Å². The SMILES string of the molecule is CC(C)(CO)CNC(=O)C(CN)c1ccccc1. The number of carbonyl (C=O) groups is 1. The first-order chi connectivity index (χ1) is 8.50. The Morgan fingerprint density at radius 2 is 2.00 bits per heavy atom. The molecule has 4 nitrogen and oxygen atoms in total. The first kappa shape index (κ1) is 14.7. The molecule has 0 radical (unpaired) electrons. The van der Waals surface area contributed by atoms with Crippen LogP contribution >= 0.6 is 0 Å². The van der Waals surface area contributed by atoms with Crippen LogP contribution in [0.5, 0.6) is 0 Å². The van der Waals surface area contributed by atoms with Gasteiger partial charge in [-0.15, -0.1) is 0 Å². The zero-order valence-electron chi connectivity index (χ0n) is 11.0. The molecule has 0 aliphatic heterocycles. The summed E-state index contributed by atoms with van der Waals surface area (Å²) in [5.41, 5.74) is 6.27. The molecule has 100 valence electrons. The van der Waals surface area contributed by atoms with Crippen LogP contribution < -0.4 is 11.1 Å². The van der Waals surface area contributed by atoms with Gasteiger partial charge in [-0.05, 0) is 5.56 Å². The molecule has 1 aromatic rings. The molecule has 0 heterocycles. The molecule has 0 aromatic heterocycles. The summed E-state index contributed by atoms with van der Waals surface area (Å²) in [5, 5.41) is 12.0. The number of aliphatic hydroxyl groups is 1. The van der Waals surface area contributed by atoms with Crippen LogP contribution in [0.3, 0.4) is 0 Å². The van der Waals surface area contributed by atoms with Gasteiger partial charge in [0.25, 0.3) is 0 Å². The van der Waals surface area contributed by atoms with Crippen LogP contribution in [-0.4, -0.2) is 30.7 Å². The lowest BCUT2D eigenvalue weighted by molar-refractivity contribution is -0.122. The number of amides is 1. The molecule has 1 amide bonds. The van der Waals surface area contributed by atoms with E-state index in [0.717, 1.165) is 5.56 Å². The number of benzene rings is 1. The second kappa shape index (κ2) is 6.52. The summed E-state index contributed by atoms with van der Waals surface area (Å²) < 4.78 is 0. The summed E-state index contributed by atoms with van der Waals surface area (Å²) in [6, 6.07) is 9.48. The molecular weight excluding hydrogens is 228 g/mol. The lowest BCUT2D eigenvalue weighted by Gasteiger charge is -2.23. The van der Waals surface area contributed by atoms with Crippen molar-refractivity contribution in [2.24, 2.45) is 11.1 Å². The summed E-state index contributed by atoms with van der Waals surface area (Å²) in [7, 11) is 0. The summed E-state index contributed by atoms with van der Waals surface area (Å²) in [5.74, 6) is -0.425. The Bertz CT molecular complexity index is 377. The fourth-order valence-corrected chi connectivity index (χ4v) is 1.59. The van der Waals surface area contributed by atoms with Crippen molar-refractivity contribution in [2.75, 3.05) is 19.7 Å². The summed E-state index contributed by atoms with van der Waals surface area (Å²) >= 11 is 0. The third-order valence-electron chi connectivity index (χ3n) is 2.92. The fourth-order valence-electron chi connectivity index (χ4n) is 1.59. The average Bonchev–Trinajstić information content (AvgIpc) is 2.39. The third kappa shape index (κ3) is 4.13. The minimum atomic E-state index is -0.333. The number of rotatable bonds is 6. The average molecular weight is 250 g/mol. The summed E-state index contributed by atoms with van der Waals surface area (Å²) in [6.45, 7) is 4.54. The lowest BCUT2D eigenvalue weighted by Crippen LogP contribution is -2.40.